The van der Waals surface area contributed by atoms with Crippen LogP contribution in [0.15, 0.2) is 33.9 Å². The minimum absolute atomic E-state index is 0.00200. The van der Waals surface area contributed by atoms with Gasteiger partial charge in [-0.1, -0.05) is 29.8 Å². The molecule has 2 aromatic heterocycles. The number of carbonyl (C=O) groups is 1. The lowest BCUT2D eigenvalue weighted by atomic mass is 10.2. The van der Waals surface area contributed by atoms with Gasteiger partial charge in [0.1, 0.15) is 5.82 Å². The number of carbonyl (C=O) groups excluding carboxylic acids is 1. The predicted octanol–water partition coefficient (Wildman–Crippen LogP) is 2.82. The molecule has 10 heteroatoms. The molecule has 1 aromatic carbocycles. The Morgan fingerprint density at radius 2 is 2.04 bits per heavy atom. The summed E-state index contributed by atoms with van der Waals surface area (Å²) in [6.45, 7) is 0. The van der Waals surface area contributed by atoms with Crippen LogP contribution < -0.4 is 5.32 Å². The third kappa shape index (κ3) is 4.06. The summed E-state index contributed by atoms with van der Waals surface area (Å²) in [5, 5.41) is 15.7. The predicted molar refractivity (Wildman–Crippen MR) is 101 cm³/mol. The highest BCUT2D eigenvalue weighted by Gasteiger charge is 2.20. The van der Waals surface area contributed by atoms with Crippen molar-refractivity contribution in [3.63, 3.8) is 0 Å². The summed E-state index contributed by atoms with van der Waals surface area (Å²) < 4.78 is 20.0. The van der Waals surface area contributed by atoms with Crippen LogP contribution in [0.3, 0.4) is 0 Å². The van der Waals surface area contributed by atoms with Gasteiger partial charge in [-0.2, -0.15) is 4.98 Å². The number of hydrogen-bond donors (Lipinski definition) is 1. The van der Waals surface area contributed by atoms with Gasteiger partial charge in [-0.05, 0) is 37.1 Å². The van der Waals surface area contributed by atoms with Crippen molar-refractivity contribution in [1.29, 1.82) is 0 Å². The van der Waals surface area contributed by atoms with Crippen molar-refractivity contribution in [2.24, 2.45) is 7.05 Å². The van der Waals surface area contributed by atoms with E-state index in [2.05, 4.69) is 25.7 Å². The Balaban J connectivity index is 1.42. The molecule has 146 valence electrons. The second kappa shape index (κ2) is 8.09. The second-order valence-electron chi connectivity index (χ2n) is 6.63. The molecule has 0 atom stereocenters. The highest BCUT2D eigenvalue weighted by molar-refractivity contribution is 7.99. The average molecular weight is 402 g/mol. The number of halogens is 1. The van der Waals surface area contributed by atoms with Crippen molar-refractivity contribution in [2.75, 3.05) is 5.75 Å². The van der Waals surface area contributed by atoms with Crippen LogP contribution in [0.5, 0.6) is 0 Å². The van der Waals surface area contributed by atoms with Gasteiger partial charge in [0.15, 0.2) is 5.16 Å². The number of amides is 1. The smallest absolute Gasteiger partial charge is 0.296 e. The van der Waals surface area contributed by atoms with Crippen LogP contribution in [0.25, 0.3) is 23.1 Å². The molecule has 1 N–H and O–H groups in total. The Morgan fingerprint density at radius 1 is 1.29 bits per heavy atom. The van der Waals surface area contributed by atoms with Crippen molar-refractivity contribution in [2.45, 2.75) is 36.9 Å². The van der Waals surface area contributed by atoms with E-state index in [1.165, 1.54) is 36.7 Å². The van der Waals surface area contributed by atoms with Gasteiger partial charge in [-0.15, -0.1) is 10.2 Å². The standard InChI is InChI=1S/C18H19FN6O2S/c1-25-16(17-21-15(24-27-17)11-6-8-12(19)9-7-11)22-23-18(25)28-10-14(26)20-13-4-2-3-5-13/h6-9,13H,2-5,10H2,1H3,(H,20,26). The number of thioether (sulfide) groups is 1. The van der Waals surface area contributed by atoms with Crippen LogP contribution in [-0.4, -0.2) is 42.6 Å². The van der Waals surface area contributed by atoms with E-state index in [4.69, 9.17) is 4.52 Å². The second-order valence-corrected chi connectivity index (χ2v) is 7.58. The molecule has 8 nitrogen and oxygen atoms in total. The van der Waals surface area contributed by atoms with E-state index in [1.54, 1.807) is 23.7 Å². The summed E-state index contributed by atoms with van der Waals surface area (Å²) in [4.78, 5) is 16.4. The minimum Gasteiger partial charge on any atom is -0.353 e. The first-order valence-electron chi connectivity index (χ1n) is 9.02. The largest absolute Gasteiger partial charge is 0.353 e. The lowest BCUT2D eigenvalue weighted by Crippen LogP contribution is -2.33. The number of benzene rings is 1. The molecule has 1 amide bonds. The molecule has 0 aliphatic heterocycles. The zero-order valence-electron chi connectivity index (χ0n) is 15.3. The Bertz CT molecular complexity index is 965. The van der Waals surface area contributed by atoms with Gasteiger partial charge >= 0.3 is 0 Å². The van der Waals surface area contributed by atoms with E-state index in [1.807, 2.05) is 0 Å². The molecule has 2 heterocycles. The van der Waals surface area contributed by atoms with Gasteiger partial charge in [0, 0.05) is 18.7 Å². The average Bonchev–Trinajstić information content (AvgIpc) is 3.42. The molecule has 0 radical (unpaired) electrons. The maximum absolute atomic E-state index is 13.1. The van der Waals surface area contributed by atoms with Crippen LogP contribution in [0, 0.1) is 5.82 Å². The Kier molecular flexibility index (Phi) is 5.38. The molecule has 28 heavy (non-hydrogen) atoms. The summed E-state index contributed by atoms with van der Waals surface area (Å²) in [7, 11) is 1.77. The van der Waals surface area contributed by atoms with Crippen LogP contribution in [-0.2, 0) is 11.8 Å². The van der Waals surface area contributed by atoms with Crippen molar-refractivity contribution in [3.05, 3.63) is 30.1 Å². The first kappa shape index (κ1) is 18.6. The van der Waals surface area contributed by atoms with Crippen LogP contribution >= 0.6 is 11.8 Å². The third-order valence-corrected chi connectivity index (χ3v) is 5.63. The molecule has 1 aliphatic rings. The fourth-order valence-electron chi connectivity index (χ4n) is 3.13. The fourth-order valence-corrected chi connectivity index (χ4v) is 3.85. The molecule has 1 saturated carbocycles. The van der Waals surface area contributed by atoms with Crippen LogP contribution in [0.2, 0.25) is 0 Å². The first-order valence-corrected chi connectivity index (χ1v) is 10.0. The monoisotopic (exact) mass is 402 g/mol. The summed E-state index contributed by atoms with van der Waals surface area (Å²) in [5.41, 5.74) is 0.636. The minimum atomic E-state index is -0.334. The molecule has 0 bridgehead atoms. The first-order chi connectivity index (χ1) is 13.6. The highest BCUT2D eigenvalue weighted by atomic mass is 32.2. The van der Waals surface area contributed by atoms with Crippen molar-refractivity contribution < 1.29 is 13.7 Å². The molecular formula is C18H19FN6O2S. The van der Waals surface area contributed by atoms with Gasteiger partial charge in [0.05, 0.1) is 5.75 Å². The molecule has 4 rings (SSSR count). The van der Waals surface area contributed by atoms with E-state index >= 15 is 0 Å². The molecular weight excluding hydrogens is 383 g/mol. The van der Waals surface area contributed by atoms with Crippen LogP contribution in [0.1, 0.15) is 25.7 Å². The number of nitrogens with one attached hydrogen (secondary N) is 1. The van der Waals surface area contributed by atoms with E-state index in [0.29, 0.717) is 28.4 Å². The molecule has 0 saturated heterocycles. The fraction of sp³-hybridized carbons (Fsp3) is 0.389. The molecule has 0 spiro atoms. The Morgan fingerprint density at radius 3 is 2.79 bits per heavy atom. The Labute approximate surface area is 164 Å². The summed E-state index contributed by atoms with van der Waals surface area (Å²) in [5.74, 6) is 0.879. The quantitative estimate of drug-likeness (QED) is 0.633. The zero-order valence-corrected chi connectivity index (χ0v) is 16.1. The van der Waals surface area contributed by atoms with Crippen molar-refractivity contribution in [3.8, 4) is 23.1 Å². The number of aromatic nitrogens is 5. The lowest BCUT2D eigenvalue weighted by molar-refractivity contribution is -0.119. The molecule has 3 aromatic rings. The van der Waals surface area contributed by atoms with E-state index in [-0.39, 0.29) is 23.4 Å². The third-order valence-electron chi connectivity index (χ3n) is 4.61. The summed E-state index contributed by atoms with van der Waals surface area (Å²) >= 11 is 1.30. The van der Waals surface area contributed by atoms with E-state index in [9.17, 15) is 9.18 Å². The number of hydrogen-bond acceptors (Lipinski definition) is 7. The summed E-state index contributed by atoms with van der Waals surface area (Å²) in [6, 6.07) is 6.11. The van der Waals surface area contributed by atoms with Crippen molar-refractivity contribution in [1.82, 2.24) is 30.2 Å². The molecule has 0 unspecified atom stereocenters. The molecule has 1 fully saturated rings. The maximum atomic E-state index is 13.1. The lowest BCUT2D eigenvalue weighted by Gasteiger charge is -2.11. The highest BCUT2D eigenvalue weighted by Crippen LogP contribution is 2.24. The van der Waals surface area contributed by atoms with Gasteiger partial charge in [0.2, 0.25) is 17.6 Å². The van der Waals surface area contributed by atoms with Gasteiger partial charge in [-0.3, -0.25) is 4.79 Å². The number of rotatable bonds is 6. The topological polar surface area (TPSA) is 98.7 Å². The van der Waals surface area contributed by atoms with Gasteiger partial charge in [0.25, 0.3) is 5.89 Å². The van der Waals surface area contributed by atoms with Crippen molar-refractivity contribution >= 4 is 17.7 Å². The summed E-state index contributed by atoms with van der Waals surface area (Å²) in [6.07, 6.45) is 4.46. The van der Waals surface area contributed by atoms with E-state index < -0.39 is 0 Å². The normalized spacial score (nSPS) is 14.5. The number of nitrogens with zero attached hydrogens (tertiary/aromatic N) is 5. The zero-order chi connectivity index (χ0) is 19.5. The van der Waals surface area contributed by atoms with Crippen LogP contribution in [0.4, 0.5) is 4.39 Å². The maximum Gasteiger partial charge on any atom is 0.296 e. The molecule has 1 aliphatic carbocycles. The SMILES string of the molecule is Cn1c(SCC(=O)NC2CCCC2)nnc1-c1nc(-c2ccc(F)cc2)no1. The van der Waals surface area contributed by atoms with Gasteiger partial charge < -0.3 is 14.4 Å². The van der Waals surface area contributed by atoms with Gasteiger partial charge in [-0.25, -0.2) is 4.39 Å². The van der Waals surface area contributed by atoms with E-state index in [0.717, 1.165) is 12.8 Å². The Hall–Kier alpha value is -2.75.